The van der Waals surface area contributed by atoms with Crippen molar-refractivity contribution in [1.29, 1.82) is 0 Å². The first-order chi connectivity index (χ1) is 11.8. The number of aryl methyl sites for hydroxylation is 2. The highest BCUT2D eigenvalue weighted by Gasteiger charge is 2.55. The lowest BCUT2D eigenvalue weighted by Gasteiger charge is -2.44. The van der Waals surface area contributed by atoms with E-state index >= 15 is 0 Å². The third kappa shape index (κ3) is 3.12. The number of aliphatic hydroxyl groups is 1. The first-order valence-corrected chi connectivity index (χ1v) is 9.28. The lowest BCUT2D eigenvalue weighted by Crippen LogP contribution is -2.56. The largest absolute Gasteiger partial charge is 0.460 e. The highest BCUT2D eigenvalue weighted by Crippen LogP contribution is 2.51. The minimum absolute atomic E-state index is 0.137. The summed E-state index contributed by atoms with van der Waals surface area (Å²) in [5, 5.41) is 11.1. The number of nitrogens with zero attached hydrogens (tertiary/aromatic N) is 3. The quantitative estimate of drug-likeness (QED) is 0.905. The molecule has 2 saturated heterocycles. The van der Waals surface area contributed by atoms with Gasteiger partial charge in [-0.25, -0.2) is 9.97 Å². The minimum Gasteiger partial charge on any atom is -0.460 e. The highest BCUT2D eigenvalue weighted by atomic mass is 16.5. The maximum absolute atomic E-state index is 12.8. The van der Waals surface area contributed by atoms with Crippen LogP contribution < -0.4 is 4.74 Å². The predicted octanol–water partition coefficient (Wildman–Crippen LogP) is 2.16. The van der Waals surface area contributed by atoms with Crippen LogP contribution >= 0.6 is 0 Å². The van der Waals surface area contributed by atoms with Gasteiger partial charge in [-0.05, 0) is 58.4 Å². The summed E-state index contributed by atoms with van der Waals surface area (Å²) in [5.41, 5.74) is 0.661. The number of carbonyl (C=O) groups is 1. The molecule has 1 saturated carbocycles. The standard InChI is InChI=1S/C19H27N3O3/c1-12-8-13(2)21-17(20-12)25-11-19(24)9-14-4-5-15(10-19)22(14)16(23)18(3)6-7-18/h8,14-15,24H,4-7,9-11H2,1-3H3. The average Bonchev–Trinajstić information content (AvgIpc) is 3.22. The van der Waals surface area contributed by atoms with E-state index in [2.05, 4.69) is 21.8 Å². The molecule has 2 unspecified atom stereocenters. The molecule has 136 valence electrons. The number of hydrogen-bond acceptors (Lipinski definition) is 5. The third-order valence-corrected chi connectivity index (χ3v) is 6.03. The Kier molecular flexibility index (Phi) is 3.79. The molecule has 1 amide bonds. The Morgan fingerprint density at radius 1 is 1.24 bits per heavy atom. The Bertz CT molecular complexity index is 667. The summed E-state index contributed by atoms with van der Waals surface area (Å²) in [6, 6.07) is 2.49. The maximum atomic E-state index is 12.8. The van der Waals surface area contributed by atoms with E-state index in [4.69, 9.17) is 4.74 Å². The normalized spacial score (nSPS) is 32.6. The van der Waals surface area contributed by atoms with Crippen LogP contribution in [-0.2, 0) is 4.79 Å². The molecular weight excluding hydrogens is 318 g/mol. The van der Waals surface area contributed by atoms with Crippen LogP contribution in [0, 0.1) is 19.3 Å². The molecule has 0 radical (unpaired) electrons. The van der Waals surface area contributed by atoms with Crippen molar-refractivity contribution in [2.24, 2.45) is 5.41 Å². The summed E-state index contributed by atoms with van der Waals surface area (Å²) in [7, 11) is 0. The van der Waals surface area contributed by atoms with Gasteiger partial charge in [0.1, 0.15) is 12.2 Å². The van der Waals surface area contributed by atoms with E-state index in [0.29, 0.717) is 24.8 Å². The van der Waals surface area contributed by atoms with Gasteiger partial charge in [-0.1, -0.05) is 6.92 Å². The van der Waals surface area contributed by atoms with Crippen LogP contribution in [-0.4, -0.2) is 50.2 Å². The van der Waals surface area contributed by atoms with E-state index in [1.807, 2.05) is 19.9 Å². The molecule has 3 fully saturated rings. The fourth-order valence-electron chi connectivity index (χ4n) is 4.44. The Morgan fingerprint density at radius 3 is 2.32 bits per heavy atom. The van der Waals surface area contributed by atoms with Gasteiger partial charge in [-0.2, -0.15) is 0 Å². The molecule has 0 spiro atoms. The molecular formula is C19H27N3O3. The second-order valence-corrected chi connectivity index (χ2v) is 8.51. The van der Waals surface area contributed by atoms with Gasteiger partial charge in [0, 0.05) is 28.9 Å². The average molecular weight is 345 g/mol. The van der Waals surface area contributed by atoms with Crippen LogP contribution in [0.15, 0.2) is 6.07 Å². The van der Waals surface area contributed by atoms with Crippen molar-refractivity contribution in [3.8, 4) is 6.01 Å². The Labute approximate surface area is 148 Å². The van der Waals surface area contributed by atoms with Gasteiger partial charge in [-0.3, -0.25) is 4.79 Å². The van der Waals surface area contributed by atoms with E-state index in [1.165, 1.54) is 0 Å². The molecule has 1 aromatic heterocycles. The molecule has 2 aliphatic heterocycles. The number of hydrogen-bond donors (Lipinski definition) is 1. The van der Waals surface area contributed by atoms with Crippen molar-refractivity contribution in [2.45, 2.75) is 77.0 Å². The molecule has 1 N–H and O–H groups in total. The second-order valence-electron chi connectivity index (χ2n) is 8.51. The molecule has 3 heterocycles. The Hall–Kier alpha value is -1.69. The number of amides is 1. The molecule has 2 bridgehead atoms. The van der Waals surface area contributed by atoms with E-state index < -0.39 is 5.60 Å². The monoisotopic (exact) mass is 345 g/mol. The smallest absolute Gasteiger partial charge is 0.316 e. The van der Waals surface area contributed by atoms with Gasteiger partial charge >= 0.3 is 6.01 Å². The van der Waals surface area contributed by atoms with Gasteiger partial charge in [0.25, 0.3) is 0 Å². The third-order valence-electron chi connectivity index (χ3n) is 6.03. The molecule has 1 aromatic rings. The lowest BCUT2D eigenvalue weighted by atomic mass is 9.86. The molecule has 25 heavy (non-hydrogen) atoms. The zero-order valence-corrected chi connectivity index (χ0v) is 15.3. The zero-order valence-electron chi connectivity index (χ0n) is 15.3. The lowest BCUT2D eigenvalue weighted by molar-refractivity contribution is -0.148. The van der Waals surface area contributed by atoms with Crippen molar-refractivity contribution >= 4 is 5.91 Å². The Morgan fingerprint density at radius 2 is 1.80 bits per heavy atom. The van der Waals surface area contributed by atoms with Crippen molar-refractivity contribution in [3.05, 3.63) is 17.5 Å². The van der Waals surface area contributed by atoms with Gasteiger partial charge in [0.15, 0.2) is 0 Å². The molecule has 3 aliphatic rings. The predicted molar refractivity (Wildman–Crippen MR) is 92.2 cm³/mol. The van der Waals surface area contributed by atoms with Gasteiger partial charge in [0.05, 0.1) is 0 Å². The maximum Gasteiger partial charge on any atom is 0.316 e. The first kappa shape index (κ1) is 16.8. The SMILES string of the molecule is Cc1cc(C)nc(OCC2(O)CC3CCC(C2)N3C(=O)C2(C)CC2)n1. The van der Waals surface area contributed by atoms with Gasteiger partial charge in [0.2, 0.25) is 5.91 Å². The second kappa shape index (κ2) is 5.66. The molecule has 1 aliphatic carbocycles. The Balaban J connectivity index is 1.43. The molecule has 2 atom stereocenters. The molecule has 4 rings (SSSR count). The van der Waals surface area contributed by atoms with Crippen LogP contribution in [0.4, 0.5) is 0 Å². The summed E-state index contributed by atoms with van der Waals surface area (Å²) in [5.74, 6) is 0.292. The van der Waals surface area contributed by atoms with Crippen molar-refractivity contribution in [2.75, 3.05) is 6.61 Å². The first-order valence-electron chi connectivity index (χ1n) is 9.28. The number of ether oxygens (including phenoxy) is 1. The molecule has 6 heteroatoms. The fourth-order valence-corrected chi connectivity index (χ4v) is 4.44. The topological polar surface area (TPSA) is 75.6 Å². The number of carbonyl (C=O) groups excluding carboxylic acids is 1. The minimum atomic E-state index is -0.909. The van der Waals surface area contributed by atoms with Crippen molar-refractivity contribution < 1.29 is 14.6 Å². The van der Waals surface area contributed by atoms with Crippen LogP contribution in [0.2, 0.25) is 0 Å². The highest BCUT2D eigenvalue weighted by molar-refractivity contribution is 5.85. The van der Waals surface area contributed by atoms with Crippen LogP contribution in [0.25, 0.3) is 0 Å². The van der Waals surface area contributed by atoms with E-state index in [0.717, 1.165) is 37.1 Å². The van der Waals surface area contributed by atoms with Gasteiger partial charge < -0.3 is 14.7 Å². The zero-order chi connectivity index (χ0) is 17.8. The van der Waals surface area contributed by atoms with Crippen LogP contribution in [0.1, 0.15) is 56.8 Å². The van der Waals surface area contributed by atoms with E-state index in [1.54, 1.807) is 0 Å². The molecule has 0 aromatic carbocycles. The van der Waals surface area contributed by atoms with Crippen molar-refractivity contribution in [3.63, 3.8) is 0 Å². The summed E-state index contributed by atoms with van der Waals surface area (Å²) in [4.78, 5) is 23.4. The van der Waals surface area contributed by atoms with Crippen LogP contribution in [0.3, 0.4) is 0 Å². The summed E-state index contributed by atoms with van der Waals surface area (Å²) >= 11 is 0. The number of piperidine rings is 1. The molecule has 6 nitrogen and oxygen atoms in total. The summed E-state index contributed by atoms with van der Waals surface area (Å²) < 4.78 is 5.73. The summed E-state index contributed by atoms with van der Waals surface area (Å²) in [6.07, 6.45) is 5.12. The van der Waals surface area contributed by atoms with Crippen molar-refractivity contribution in [1.82, 2.24) is 14.9 Å². The number of fused-ring (bicyclic) bond motifs is 2. The van der Waals surface area contributed by atoms with Gasteiger partial charge in [-0.15, -0.1) is 0 Å². The number of rotatable bonds is 4. The fraction of sp³-hybridized carbons (Fsp3) is 0.737. The van der Waals surface area contributed by atoms with E-state index in [-0.39, 0.29) is 24.1 Å². The number of aromatic nitrogens is 2. The summed E-state index contributed by atoms with van der Waals surface area (Å²) in [6.45, 7) is 6.05. The van der Waals surface area contributed by atoms with Crippen LogP contribution in [0.5, 0.6) is 6.01 Å². The van der Waals surface area contributed by atoms with E-state index in [9.17, 15) is 9.90 Å².